The van der Waals surface area contributed by atoms with E-state index in [4.69, 9.17) is 0 Å². The lowest BCUT2D eigenvalue weighted by atomic mass is 10.1. The maximum Gasteiger partial charge on any atom is 0.273 e. The van der Waals surface area contributed by atoms with Crippen molar-refractivity contribution < 1.29 is 14.8 Å². The van der Waals surface area contributed by atoms with Crippen LogP contribution < -0.4 is 5.32 Å². The van der Waals surface area contributed by atoms with E-state index in [-0.39, 0.29) is 23.7 Å². The van der Waals surface area contributed by atoms with E-state index in [0.29, 0.717) is 5.56 Å². The van der Waals surface area contributed by atoms with Crippen molar-refractivity contribution in [2.75, 3.05) is 0 Å². The van der Waals surface area contributed by atoms with Gasteiger partial charge in [-0.2, -0.15) is 0 Å². The minimum Gasteiger partial charge on any atom is -0.383 e. The molecule has 1 atom stereocenters. The van der Waals surface area contributed by atoms with Gasteiger partial charge in [0.05, 0.1) is 11.5 Å². The zero-order valence-corrected chi connectivity index (χ0v) is 15.4. The number of benzene rings is 2. The van der Waals surface area contributed by atoms with Crippen LogP contribution in [0.4, 0.5) is 5.69 Å². The number of carbonyl (C=O) groups is 1. The maximum atomic E-state index is 12.4. The van der Waals surface area contributed by atoms with Gasteiger partial charge in [-0.15, -0.1) is 11.3 Å². The van der Waals surface area contributed by atoms with Gasteiger partial charge in [0, 0.05) is 26.9 Å². The molecular formula is C20H18N2O4S. The summed E-state index contributed by atoms with van der Waals surface area (Å²) < 4.78 is 0. The Kier molecular flexibility index (Phi) is 5.63. The molecule has 1 amide bonds. The highest BCUT2D eigenvalue weighted by atomic mass is 32.1. The number of hydrogen-bond donors (Lipinski definition) is 2. The molecule has 3 aromatic rings. The third kappa shape index (κ3) is 4.21. The molecule has 3 rings (SSSR count). The normalized spacial score (nSPS) is 11.8. The molecule has 0 bridgehead atoms. The highest BCUT2D eigenvalue weighted by molar-refractivity contribution is 7.12. The average molecular weight is 382 g/mol. The molecule has 0 aliphatic rings. The van der Waals surface area contributed by atoms with Gasteiger partial charge in [-0.3, -0.25) is 14.9 Å². The monoisotopic (exact) mass is 382 g/mol. The Morgan fingerprint density at radius 3 is 2.59 bits per heavy atom. The number of aliphatic hydroxyl groups is 1. The van der Waals surface area contributed by atoms with Crippen LogP contribution in [-0.2, 0) is 6.54 Å². The van der Waals surface area contributed by atoms with Crippen molar-refractivity contribution in [1.82, 2.24) is 5.32 Å². The lowest BCUT2D eigenvalue weighted by molar-refractivity contribution is -0.385. The summed E-state index contributed by atoms with van der Waals surface area (Å²) in [5.41, 5.74) is 1.35. The standard InChI is InChI=1S/C20H18N2O4S/c1-13-16(8-5-9-17(13)22(25)26)20(24)21-12-15-10-11-18(27-15)19(23)14-6-3-2-4-7-14/h2-11,19,23H,12H2,1H3,(H,21,24). The molecule has 1 aromatic heterocycles. The van der Waals surface area contributed by atoms with Crippen molar-refractivity contribution in [3.05, 3.63) is 97.2 Å². The van der Waals surface area contributed by atoms with E-state index in [9.17, 15) is 20.0 Å². The molecule has 27 heavy (non-hydrogen) atoms. The smallest absolute Gasteiger partial charge is 0.273 e. The predicted molar refractivity (Wildman–Crippen MR) is 104 cm³/mol. The first kappa shape index (κ1) is 18.8. The number of nitrogens with one attached hydrogen (secondary N) is 1. The van der Waals surface area contributed by atoms with Gasteiger partial charge < -0.3 is 10.4 Å². The predicted octanol–water partition coefficient (Wildman–Crippen LogP) is 3.98. The minimum atomic E-state index is -0.709. The molecule has 0 fully saturated rings. The van der Waals surface area contributed by atoms with E-state index in [2.05, 4.69) is 5.32 Å². The molecule has 1 heterocycles. The van der Waals surface area contributed by atoms with Gasteiger partial charge in [-0.05, 0) is 30.7 Å². The van der Waals surface area contributed by atoms with E-state index in [1.54, 1.807) is 13.0 Å². The largest absolute Gasteiger partial charge is 0.383 e. The van der Waals surface area contributed by atoms with Crippen LogP contribution in [0, 0.1) is 17.0 Å². The molecule has 0 radical (unpaired) electrons. The fourth-order valence-corrected chi connectivity index (χ4v) is 3.73. The van der Waals surface area contributed by atoms with Crippen molar-refractivity contribution in [2.24, 2.45) is 0 Å². The second-order valence-corrected chi connectivity index (χ2v) is 7.21. The Bertz CT molecular complexity index is 969. The molecule has 6 nitrogen and oxygen atoms in total. The highest BCUT2D eigenvalue weighted by Gasteiger charge is 2.18. The summed E-state index contributed by atoms with van der Waals surface area (Å²) in [6.07, 6.45) is -0.709. The van der Waals surface area contributed by atoms with E-state index in [1.165, 1.54) is 23.5 Å². The maximum absolute atomic E-state index is 12.4. The molecule has 138 valence electrons. The summed E-state index contributed by atoms with van der Waals surface area (Å²) in [6.45, 7) is 1.85. The molecule has 1 unspecified atom stereocenters. The van der Waals surface area contributed by atoms with Crippen LogP contribution in [0.2, 0.25) is 0 Å². The Labute approximate surface area is 160 Å². The Hall–Kier alpha value is -3.03. The summed E-state index contributed by atoms with van der Waals surface area (Å²) in [4.78, 5) is 24.6. The molecule has 2 N–H and O–H groups in total. The topological polar surface area (TPSA) is 92.5 Å². The lowest BCUT2D eigenvalue weighted by Crippen LogP contribution is -2.23. The number of rotatable bonds is 6. The van der Waals surface area contributed by atoms with E-state index in [1.807, 2.05) is 42.5 Å². The van der Waals surface area contributed by atoms with Gasteiger partial charge >= 0.3 is 0 Å². The Morgan fingerprint density at radius 1 is 1.15 bits per heavy atom. The first-order chi connectivity index (χ1) is 13.0. The number of nitrogens with zero attached hydrogens (tertiary/aromatic N) is 1. The van der Waals surface area contributed by atoms with Gasteiger partial charge in [-0.25, -0.2) is 0 Å². The molecule has 0 aliphatic carbocycles. The quantitative estimate of drug-likeness (QED) is 0.498. The van der Waals surface area contributed by atoms with Crippen molar-refractivity contribution in [2.45, 2.75) is 19.6 Å². The highest BCUT2D eigenvalue weighted by Crippen LogP contribution is 2.28. The number of hydrogen-bond acceptors (Lipinski definition) is 5. The number of nitro groups is 1. The lowest BCUT2D eigenvalue weighted by Gasteiger charge is -2.08. The van der Waals surface area contributed by atoms with Crippen molar-refractivity contribution in [1.29, 1.82) is 0 Å². The number of amides is 1. The fourth-order valence-electron chi connectivity index (χ4n) is 2.77. The second-order valence-electron chi connectivity index (χ2n) is 6.01. The van der Waals surface area contributed by atoms with Crippen LogP contribution >= 0.6 is 11.3 Å². The van der Waals surface area contributed by atoms with Gasteiger partial charge in [0.25, 0.3) is 11.6 Å². The van der Waals surface area contributed by atoms with Crippen LogP contribution in [-0.4, -0.2) is 15.9 Å². The molecule has 0 saturated heterocycles. The van der Waals surface area contributed by atoms with Crippen LogP contribution in [0.3, 0.4) is 0 Å². The zero-order chi connectivity index (χ0) is 19.4. The van der Waals surface area contributed by atoms with E-state index >= 15 is 0 Å². The summed E-state index contributed by atoms with van der Waals surface area (Å²) in [5.74, 6) is -0.366. The van der Waals surface area contributed by atoms with Crippen LogP contribution in [0.15, 0.2) is 60.7 Å². The summed E-state index contributed by atoms with van der Waals surface area (Å²) in [5, 5.41) is 24.2. The minimum absolute atomic E-state index is 0.0768. The average Bonchev–Trinajstić information content (AvgIpc) is 3.15. The molecule has 7 heteroatoms. The van der Waals surface area contributed by atoms with Crippen molar-refractivity contribution in [3.63, 3.8) is 0 Å². The molecule has 0 aliphatic heterocycles. The molecular weight excluding hydrogens is 364 g/mol. The Balaban J connectivity index is 1.68. The van der Waals surface area contributed by atoms with Gasteiger partial charge in [0.2, 0.25) is 0 Å². The van der Waals surface area contributed by atoms with E-state index < -0.39 is 11.0 Å². The van der Waals surface area contributed by atoms with Gasteiger partial charge in [-0.1, -0.05) is 36.4 Å². The number of aliphatic hydroxyl groups excluding tert-OH is 1. The summed E-state index contributed by atoms with van der Waals surface area (Å²) >= 11 is 1.41. The zero-order valence-electron chi connectivity index (χ0n) is 14.6. The fraction of sp³-hybridized carbons (Fsp3) is 0.150. The summed E-state index contributed by atoms with van der Waals surface area (Å²) in [7, 11) is 0. The van der Waals surface area contributed by atoms with Crippen LogP contribution in [0.25, 0.3) is 0 Å². The number of nitro benzene ring substituents is 1. The van der Waals surface area contributed by atoms with E-state index in [0.717, 1.165) is 15.3 Å². The molecule has 0 spiro atoms. The first-order valence-corrected chi connectivity index (χ1v) is 9.13. The van der Waals surface area contributed by atoms with Crippen molar-refractivity contribution >= 4 is 22.9 Å². The second kappa shape index (κ2) is 8.11. The third-order valence-electron chi connectivity index (χ3n) is 4.24. The van der Waals surface area contributed by atoms with Crippen LogP contribution in [0.5, 0.6) is 0 Å². The third-order valence-corrected chi connectivity index (χ3v) is 5.37. The number of carbonyl (C=O) groups excluding carboxylic acids is 1. The Morgan fingerprint density at radius 2 is 1.89 bits per heavy atom. The van der Waals surface area contributed by atoms with Gasteiger partial charge in [0.15, 0.2) is 0 Å². The molecule has 2 aromatic carbocycles. The van der Waals surface area contributed by atoms with Crippen molar-refractivity contribution in [3.8, 4) is 0 Å². The number of thiophene rings is 1. The molecule has 0 saturated carbocycles. The SMILES string of the molecule is Cc1c(C(=O)NCc2ccc(C(O)c3ccccc3)s2)cccc1[N+](=O)[O-]. The van der Waals surface area contributed by atoms with Crippen LogP contribution in [0.1, 0.15) is 37.3 Å². The summed E-state index contributed by atoms with van der Waals surface area (Å²) in [6, 6.07) is 17.5. The first-order valence-electron chi connectivity index (χ1n) is 8.31. The van der Waals surface area contributed by atoms with Gasteiger partial charge in [0.1, 0.15) is 6.10 Å².